The van der Waals surface area contributed by atoms with Gasteiger partial charge < -0.3 is 0 Å². The number of hydrogen-bond acceptors (Lipinski definition) is 4. The first-order valence-corrected chi connectivity index (χ1v) is 5.90. The minimum Gasteiger partial charge on any atom is -0.256 e. The molecule has 0 aliphatic rings. The summed E-state index contributed by atoms with van der Waals surface area (Å²) in [6.07, 6.45) is 5.13. The molecule has 0 aliphatic heterocycles. The number of pyridine rings is 1. The van der Waals surface area contributed by atoms with E-state index in [0.29, 0.717) is 5.15 Å². The average Bonchev–Trinajstić information content (AvgIpc) is 2.82. The molecule has 3 rings (SSSR count). The van der Waals surface area contributed by atoms with E-state index >= 15 is 0 Å². The van der Waals surface area contributed by atoms with Crippen LogP contribution in [0.5, 0.6) is 0 Å². The normalized spacial score (nSPS) is 12.8. The zero-order valence-corrected chi connectivity index (χ0v) is 10.4. The Labute approximate surface area is 108 Å². The van der Waals surface area contributed by atoms with Gasteiger partial charge in [0.05, 0.1) is 23.4 Å². The molecule has 1 unspecified atom stereocenters. The van der Waals surface area contributed by atoms with E-state index in [0.717, 1.165) is 16.6 Å². The molecular formula is C12H10ClN5. The van der Waals surface area contributed by atoms with Gasteiger partial charge in [0, 0.05) is 23.8 Å². The van der Waals surface area contributed by atoms with Crippen molar-refractivity contribution in [3.05, 3.63) is 47.6 Å². The molecule has 6 heteroatoms. The number of fused-ring (bicyclic) bond motifs is 1. The van der Waals surface area contributed by atoms with Gasteiger partial charge in [-0.3, -0.25) is 4.68 Å². The monoisotopic (exact) mass is 259 g/mol. The van der Waals surface area contributed by atoms with Crippen molar-refractivity contribution < 1.29 is 0 Å². The smallest absolute Gasteiger partial charge is 0.131 e. The second kappa shape index (κ2) is 4.34. The highest BCUT2D eigenvalue weighted by Crippen LogP contribution is 2.22. The highest BCUT2D eigenvalue weighted by atomic mass is 35.5. The van der Waals surface area contributed by atoms with Gasteiger partial charge in [0.2, 0.25) is 0 Å². The lowest BCUT2D eigenvalue weighted by atomic mass is 10.2. The van der Waals surface area contributed by atoms with Crippen LogP contribution in [0.2, 0.25) is 5.15 Å². The number of nitrogens with zero attached hydrogens (tertiary/aromatic N) is 5. The molecule has 0 N–H and O–H groups in total. The van der Waals surface area contributed by atoms with E-state index in [1.54, 1.807) is 24.7 Å². The molecule has 0 saturated carbocycles. The third-order valence-corrected chi connectivity index (χ3v) is 3.04. The molecule has 0 amide bonds. The van der Waals surface area contributed by atoms with E-state index in [4.69, 9.17) is 11.6 Å². The zero-order valence-electron chi connectivity index (χ0n) is 9.66. The van der Waals surface area contributed by atoms with Crippen LogP contribution in [0.25, 0.3) is 10.9 Å². The van der Waals surface area contributed by atoms with Crippen LogP contribution < -0.4 is 0 Å². The standard InChI is InChI=1S/C12H10ClN5/c1-8(10-3-2-4-15-17-10)18-11-5-12(13)14-6-9(11)7-16-18/h2-8H,1H3. The molecule has 0 aliphatic carbocycles. The summed E-state index contributed by atoms with van der Waals surface area (Å²) in [5, 5.41) is 13.8. The summed E-state index contributed by atoms with van der Waals surface area (Å²) in [7, 11) is 0. The van der Waals surface area contributed by atoms with Gasteiger partial charge in [-0.2, -0.15) is 15.3 Å². The lowest BCUT2D eigenvalue weighted by Gasteiger charge is -2.12. The summed E-state index contributed by atoms with van der Waals surface area (Å²) in [5.74, 6) is 0. The van der Waals surface area contributed by atoms with Crippen LogP contribution in [-0.2, 0) is 0 Å². The van der Waals surface area contributed by atoms with E-state index in [-0.39, 0.29) is 6.04 Å². The van der Waals surface area contributed by atoms with Gasteiger partial charge in [0.1, 0.15) is 5.15 Å². The Bertz CT molecular complexity index is 679. The molecule has 3 heterocycles. The summed E-state index contributed by atoms with van der Waals surface area (Å²) in [5.41, 5.74) is 1.79. The van der Waals surface area contributed by atoms with Crippen molar-refractivity contribution >= 4 is 22.5 Å². The maximum absolute atomic E-state index is 5.92. The topological polar surface area (TPSA) is 56.5 Å². The maximum atomic E-state index is 5.92. The van der Waals surface area contributed by atoms with Crippen molar-refractivity contribution in [1.29, 1.82) is 0 Å². The highest BCUT2D eigenvalue weighted by molar-refractivity contribution is 6.29. The minimum absolute atomic E-state index is 0.00494. The molecule has 0 bridgehead atoms. The predicted octanol–water partition coefficient (Wildman–Crippen LogP) is 2.48. The van der Waals surface area contributed by atoms with Gasteiger partial charge in [-0.15, -0.1) is 0 Å². The minimum atomic E-state index is -0.00494. The summed E-state index contributed by atoms with van der Waals surface area (Å²) in [4.78, 5) is 4.04. The number of rotatable bonds is 2. The van der Waals surface area contributed by atoms with Crippen LogP contribution in [0, 0.1) is 0 Å². The van der Waals surface area contributed by atoms with Gasteiger partial charge in [0.15, 0.2) is 0 Å². The van der Waals surface area contributed by atoms with Crippen molar-refractivity contribution in [3.8, 4) is 0 Å². The Morgan fingerprint density at radius 3 is 3.00 bits per heavy atom. The lowest BCUT2D eigenvalue weighted by molar-refractivity contribution is 0.562. The Morgan fingerprint density at radius 2 is 2.22 bits per heavy atom. The van der Waals surface area contributed by atoms with Crippen molar-refractivity contribution in [2.75, 3.05) is 0 Å². The molecule has 1 atom stereocenters. The van der Waals surface area contributed by atoms with Gasteiger partial charge in [0.25, 0.3) is 0 Å². The zero-order chi connectivity index (χ0) is 12.5. The van der Waals surface area contributed by atoms with Crippen LogP contribution in [0.15, 0.2) is 36.8 Å². The van der Waals surface area contributed by atoms with Crippen LogP contribution in [0.1, 0.15) is 18.7 Å². The molecule has 0 spiro atoms. The molecule has 18 heavy (non-hydrogen) atoms. The van der Waals surface area contributed by atoms with E-state index in [1.807, 2.05) is 23.7 Å². The highest BCUT2D eigenvalue weighted by Gasteiger charge is 2.13. The number of halogens is 1. The summed E-state index contributed by atoms with van der Waals surface area (Å²) in [6, 6.07) is 5.58. The first-order valence-electron chi connectivity index (χ1n) is 5.52. The number of hydrogen-bond donors (Lipinski definition) is 0. The number of aromatic nitrogens is 5. The second-order valence-electron chi connectivity index (χ2n) is 3.98. The summed E-state index contributed by atoms with van der Waals surface area (Å²) >= 11 is 5.92. The van der Waals surface area contributed by atoms with Crippen LogP contribution >= 0.6 is 11.6 Å². The summed E-state index contributed by atoms with van der Waals surface area (Å²) < 4.78 is 1.87. The Hall–Kier alpha value is -2.01. The molecule has 0 saturated heterocycles. The largest absolute Gasteiger partial charge is 0.256 e. The molecule has 5 nitrogen and oxygen atoms in total. The first kappa shape index (κ1) is 11.1. The maximum Gasteiger partial charge on any atom is 0.131 e. The molecule has 0 aromatic carbocycles. The third-order valence-electron chi connectivity index (χ3n) is 2.83. The Morgan fingerprint density at radius 1 is 1.33 bits per heavy atom. The second-order valence-corrected chi connectivity index (χ2v) is 4.37. The van der Waals surface area contributed by atoms with E-state index in [9.17, 15) is 0 Å². The Kier molecular flexibility index (Phi) is 2.68. The van der Waals surface area contributed by atoms with Gasteiger partial charge in [-0.05, 0) is 19.1 Å². The average molecular weight is 260 g/mol. The third kappa shape index (κ3) is 1.82. The quantitative estimate of drug-likeness (QED) is 0.664. The van der Waals surface area contributed by atoms with Gasteiger partial charge in [-0.1, -0.05) is 11.6 Å². The molecule has 3 aromatic heterocycles. The molecule has 90 valence electrons. The van der Waals surface area contributed by atoms with E-state index < -0.39 is 0 Å². The van der Waals surface area contributed by atoms with Crippen molar-refractivity contribution in [3.63, 3.8) is 0 Å². The fourth-order valence-electron chi connectivity index (χ4n) is 1.89. The summed E-state index contributed by atoms with van der Waals surface area (Å²) in [6.45, 7) is 2.02. The van der Waals surface area contributed by atoms with Crippen molar-refractivity contribution in [1.82, 2.24) is 25.0 Å². The molecule has 0 radical (unpaired) electrons. The Balaban J connectivity index is 2.12. The predicted molar refractivity (Wildman–Crippen MR) is 68.4 cm³/mol. The van der Waals surface area contributed by atoms with Crippen LogP contribution in [-0.4, -0.2) is 25.0 Å². The van der Waals surface area contributed by atoms with E-state index in [2.05, 4.69) is 20.3 Å². The SMILES string of the molecule is CC(c1cccnn1)n1ncc2cnc(Cl)cc21. The van der Waals surface area contributed by atoms with Gasteiger partial charge in [-0.25, -0.2) is 4.98 Å². The molecule has 0 fully saturated rings. The molecular weight excluding hydrogens is 250 g/mol. The fraction of sp³-hybridized carbons (Fsp3) is 0.167. The molecule has 3 aromatic rings. The van der Waals surface area contributed by atoms with Crippen molar-refractivity contribution in [2.45, 2.75) is 13.0 Å². The van der Waals surface area contributed by atoms with Gasteiger partial charge >= 0.3 is 0 Å². The van der Waals surface area contributed by atoms with Crippen LogP contribution in [0.3, 0.4) is 0 Å². The van der Waals surface area contributed by atoms with Crippen molar-refractivity contribution in [2.24, 2.45) is 0 Å². The first-order chi connectivity index (χ1) is 8.75. The lowest BCUT2D eigenvalue weighted by Crippen LogP contribution is -2.10. The van der Waals surface area contributed by atoms with Crippen LogP contribution in [0.4, 0.5) is 0 Å². The fourth-order valence-corrected chi connectivity index (χ4v) is 2.04. The van der Waals surface area contributed by atoms with E-state index in [1.165, 1.54) is 0 Å².